The number of likely N-dealkylation sites (tertiary alicyclic amines) is 1. The van der Waals surface area contributed by atoms with Gasteiger partial charge in [0.1, 0.15) is 6.42 Å². The Morgan fingerprint density at radius 2 is 2.30 bits per heavy atom. The molecule has 1 aliphatic rings. The van der Waals surface area contributed by atoms with Crippen LogP contribution in [0.1, 0.15) is 37.5 Å². The first kappa shape index (κ1) is 15.4. The summed E-state index contributed by atoms with van der Waals surface area (Å²) in [5.74, 6) is 0.312. The van der Waals surface area contributed by atoms with Gasteiger partial charge in [-0.1, -0.05) is 17.7 Å². The molecule has 0 radical (unpaired) electrons. The minimum Gasteiger partial charge on any atom is -0.331 e. The Labute approximate surface area is 138 Å². The van der Waals surface area contributed by atoms with E-state index < -0.39 is 0 Å². The number of nitriles is 1. The minimum atomic E-state index is -0.225. The quantitative estimate of drug-likeness (QED) is 0.861. The number of amides is 1. The van der Waals surface area contributed by atoms with Crippen molar-refractivity contribution in [3.63, 3.8) is 0 Å². The van der Waals surface area contributed by atoms with Crippen molar-refractivity contribution in [2.45, 2.75) is 31.7 Å². The average Bonchev–Trinajstić information content (AvgIpc) is 3.05. The van der Waals surface area contributed by atoms with Crippen molar-refractivity contribution < 1.29 is 4.79 Å². The lowest BCUT2D eigenvalue weighted by atomic mass is 10.0. The first-order chi connectivity index (χ1) is 11.2. The van der Waals surface area contributed by atoms with Gasteiger partial charge < -0.3 is 4.90 Å². The van der Waals surface area contributed by atoms with E-state index in [4.69, 9.17) is 16.9 Å². The smallest absolute Gasteiger partial charge is 0.237 e. The zero-order chi connectivity index (χ0) is 16.2. The molecule has 2 aromatic rings. The number of rotatable bonds is 3. The van der Waals surface area contributed by atoms with Crippen molar-refractivity contribution in [1.29, 1.82) is 5.26 Å². The van der Waals surface area contributed by atoms with E-state index in [1.54, 1.807) is 17.0 Å². The fraction of sp³-hybridized carbons (Fsp3) is 0.400. The molecule has 0 N–H and O–H groups in total. The highest BCUT2D eigenvalue weighted by molar-refractivity contribution is 6.30. The Morgan fingerprint density at radius 1 is 1.43 bits per heavy atom. The third-order valence-corrected chi connectivity index (χ3v) is 4.05. The fourth-order valence-corrected chi connectivity index (χ4v) is 2.92. The monoisotopic (exact) mass is 330 g/mol. The van der Waals surface area contributed by atoms with E-state index in [9.17, 15) is 4.79 Å². The Balaban J connectivity index is 1.86. The van der Waals surface area contributed by atoms with Crippen LogP contribution in [0.2, 0.25) is 5.02 Å². The van der Waals surface area contributed by atoms with Crippen LogP contribution >= 0.6 is 11.6 Å². The van der Waals surface area contributed by atoms with E-state index in [1.807, 2.05) is 18.2 Å². The van der Waals surface area contributed by atoms with Crippen LogP contribution < -0.4 is 0 Å². The van der Waals surface area contributed by atoms with Gasteiger partial charge in [0.15, 0.2) is 5.82 Å². The Hall–Kier alpha value is -2.46. The molecule has 0 spiro atoms. The number of hydrogen-bond acceptors (Lipinski definition) is 5. The second-order valence-corrected chi connectivity index (χ2v) is 5.79. The largest absolute Gasteiger partial charge is 0.331 e. The SMILES string of the molecule is N#CCC(=O)N1CCCCC1c1nnn(-c2cccc(Cl)c2)n1. The van der Waals surface area contributed by atoms with Gasteiger partial charge in [0.2, 0.25) is 5.91 Å². The highest BCUT2D eigenvalue weighted by atomic mass is 35.5. The maximum Gasteiger partial charge on any atom is 0.237 e. The van der Waals surface area contributed by atoms with E-state index >= 15 is 0 Å². The van der Waals surface area contributed by atoms with Crippen LogP contribution in [0.25, 0.3) is 5.69 Å². The summed E-state index contributed by atoms with van der Waals surface area (Å²) in [5.41, 5.74) is 0.710. The van der Waals surface area contributed by atoms with Crippen molar-refractivity contribution in [3.05, 3.63) is 35.1 Å². The van der Waals surface area contributed by atoms with Gasteiger partial charge >= 0.3 is 0 Å². The van der Waals surface area contributed by atoms with Crippen molar-refractivity contribution >= 4 is 17.5 Å². The van der Waals surface area contributed by atoms with Crippen LogP contribution in [0.4, 0.5) is 0 Å². The maximum atomic E-state index is 12.1. The molecule has 7 nitrogen and oxygen atoms in total. The molecule has 2 heterocycles. The average molecular weight is 331 g/mol. The second-order valence-electron chi connectivity index (χ2n) is 5.35. The number of carbonyl (C=O) groups is 1. The number of tetrazole rings is 1. The molecule has 3 rings (SSSR count). The van der Waals surface area contributed by atoms with Gasteiger partial charge in [-0.2, -0.15) is 5.26 Å². The van der Waals surface area contributed by atoms with Crippen LogP contribution in [0, 0.1) is 11.3 Å². The highest BCUT2D eigenvalue weighted by Crippen LogP contribution is 2.29. The van der Waals surface area contributed by atoms with Crippen LogP contribution in [0.3, 0.4) is 0 Å². The Bertz CT molecular complexity index is 752. The molecule has 0 saturated carbocycles. The van der Waals surface area contributed by atoms with Gasteiger partial charge in [-0.3, -0.25) is 4.79 Å². The number of carbonyl (C=O) groups excluding carboxylic acids is 1. The molecule has 0 aliphatic carbocycles. The number of aromatic nitrogens is 4. The maximum absolute atomic E-state index is 12.1. The zero-order valence-electron chi connectivity index (χ0n) is 12.4. The molecule has 1 aromatic heterocycles. The van der Waals surface area contributed by atoms with Crippen molar-refractivity contribution in [2.24, 2.45) is 0 Å². The van der Waals surface area contributed by atoms with E-state index in [0.717, 1.165) is 19.3 Å². The van der Waals surface area contributed by atoms with Crippen molar-refractivity contribution in [2.75, 3.05) is 6.54 Å². The predicted molar refractivity (Wildman–Crippen MR) is 82.7 cm³/mol. The highest BCUT2D eigenvalue weighted by Gasteiger charge is 2.31. The minimum absolute atomic E-state index is 0.126. The molecule has 0 bridgehead atoms. The number of nitrogens with zero attached hydrogens (tertiary/aromatic N) is 6. The Morgan fingerprint density at radius 3 is 3.09 bits per heavy atom. The van der Waals surface area contributed by atoms with Gasteiger partial charge in [-0.25, -0.2) is 0 Å². The van der Waals surface area contributed by atoms with Gasteiger partial charge in [-0.15, -0.1) is 15.0 Å². The summed E-state index contributed by atoms with van der Waals surface area (Å²) >= 11 is 5.98. The van der Waals surface area contributed by atoms with E-state index in [0.29, 0.717) is 23.1 Å². The number of piperidine rings is 1. The molecule has 1 aliphatic heterocycles. The van der Waals surface area contributed by atoms with Crippen LogP contribution in [0.5, 0.6) is 0 Å². The number of halogens is 1. The summed E-state index contributed by atoms with van der Waals surface area (Å²) in [5, 5.41) is 21.9. The lowest BCUT2D eigenvalue weighted by Gasteiger charge is -2.33. The lowest BCUT2D eigenvalue weighted by molar-refractivity contribution is -0.134. The van der Waals surface area contributed by atoms with E-state index in [2.05, 4.69) is 15.4 Å². The molecular weight excluding hydrogens is 316 g/mol. The number of hydrogen-bond donors (Lipinski definition) is 0. The first-order valence-corrected chi connectivity index (χ1v) is 7.79. The molecule has 1 amide bonds. The zero-order valence-corrected chi connectivity index (χ0v) is 13.1. The molecule has 1 unspecified atom stereocenters. The molecule has 1 atom stereocenters. The molecule has 23 heavy (non-hydrogen) atoms. The Kier molecular flexibility index (Phi) is 4.53. The molecule has 118 valence electrons. The van der Waals surface area contributed by atoms with Crippen LogP contribution in [0.15, 0.2) is 24.3 Å². The van der Waals surface area contributed by atoms with Gasteiger partial charge in [0, 0.05) is 11.6 Å². The summed E-state index contributed by atoms with van der Waals surface area (Å²) < 4.78 is 0. The molecule has 1 fully saturated rings. The summed E-state index contributed by atoms with van der Waals surface area (Å²) in [4.78, 5) is 15.2. The first-order valence-electron chi connectivity index (χ1n) is 7.41. The standard InChI is InChI=1S/C15H15ClN6O/c16-11-4-3-5-12(10-11)22-19-15(18-20-22)13-6-1-2-9-21(13)14(23)7-8-17/h3-5,10,13H,1-2,6-7,9H2. The van der Waals surface area contributed by atoms with E-state index in [-0.39, 0.29) is 18.4 Å². The van der Waals surface area contributed by atoms with E-state index in [1.165, 1.54) is 4.80 Å². The van der Waals surface area contributed by atoms with Crippen molar-refractivity contribution in [3.8, 4) is 11.8 Å². The lowest BCUT2D eigenvalue weighted by Crippen LogP contribution is -2.38. The third-order valence-electron chi connectivity index (χ3n) is 3.82. The van der Waals surface area contributed by atoms with Crippen molar-refractivity contribution in [1.82, 2.24) is 25.1 Å². The topological polar surface area (TPSA) is 87.7 Å². The summed E-state index contributed by atoms with van der Waals surface area (Å²) in [7, 11) is 0. The van der Waals surface area contributed by atoms with Gasteiger partial charge in [-0.05, 0) is 42.7 Å². The summed E-state index contributed by atoms with van der Waals surface area (Å²) in [6.45, 7) is 0.622. The van der Waals surface area contributed by atoms with Gasteiger partial charge in [0.25, 0.3) is 0 Å². The molecule has 8 heteroatoms. The van der Waals surface area contributed by atoms with Gasteiger partial charge in [0.05, 0.1) is 17.8 Å². The normalized spacial score (nSPS) is 17.7. The predicted octanol–water partition coefficient (Wildman–Crippen LogP) is 2.28. The summed E-state index contributed by atoms with van der Waals surface area (Å²) in [6, 6.07) is 8.83. The second kappa shape index (κ2) is 6.75. The molecular formula is C15H15ClN6O. The van der Waals surface area contributed by atoms with Crippen LogP contribution in [-0.4, -0.2) is 37.6 Å². The fourth-order valence-electron chi connectivity index (χ4n) is 2.74. The van der Waals surface area contributed by atoms with Crippen LogP contribution in [-0.2, 0) is 4.79 Å². The summed E-state index contributed by atoms with van der Waals surface area (Å²) in [6.07, 6.45) is 2.57. The third kappa shape index (κ3) is 3.32. The molecule has 1 aromatic carbocycles. The number of benzene rings is 1. The molecule has 1 saturated heterocycles.